The number of quaternary nitrogens is 1. The molecular weight excluding hydrogens is 717 g/mol. The molecule has 0 aliphatic rings. The standard InChI is InChI=1S/C44H82NO9P/c1-6-8-10-12-14-15-16-17-18-19-23-27-31-35-43(47)51-39-42(40-53-55(49,50)52-38-37-45(3,4)5)54-44(48)36-32-28-24-21-20-22-26-30-34-41(46)33-29-25-13-11-9-7-2/h21-22,24,26,30,34,41-42,46H,6-20,23,25,27-29,31-33,35-40H2,1-5H3/p+1/b24-21-,26-22-,34-30-. The summed E-state index contributed by atoms with van der Waals surface area (Å²) >= 11 is 0. The number of carbonyl (C=O) groups excluding carboxylic acids is 2. The molecule has 55 heavy (non-hydrogen) atoms. The highest BCUT2D eigenvalue weighted by Gasteiger charge is 2.27. The van der Waals surface area contributed by atoms with Gasteiger partial charge in [0.25, 0.3) is 0 Å². The minimum absolute atomic E-state index is 0.0122. The fourth-order valence-electron chi connectivity index (χ4n) is 5.79. The molecule has 0 aromatic carbocycles. The van der Waals surface area contributed by atoms with Crippen LogP contribution in [0.2, 0.25) is 0 Å². The molecule has 0 saturated carbocycles. The first-order valence-electron chi connectivity index (χ1n) is 21.8. The van der Waals surface area contributed by atoms with Crippen molar-refractivity contribution in [2.75, 3.05) is 47.5 Å². The van der Waals surface area contributed by atoms with Gasteiger partial charge < -0.3 is 24.0 Å². The highest BCUT2D eigenvalue weighted by Crippen LogP contribution is 2.43. The van der Waals surface area contributed by atoms with E-state index in [1.807, 2.05) is 57.6 Å². The van der Waals surface area contributed by atoms with Crippen molar-refractivity contribution in [1.29, 1.82) is 0 Å². The summed E-state index contributed by atoms with van der Waals surface area (Å²) in [6, 6.07) is 0. The molecule has 3 unspecified atom stereocenters. The van der Waals surface area contributed by atoms with Gasteiger partial charge >= 0.3 is 19.8 Å². The van der Waals surface area contributed by atoms with Crippen molar-refractivity contribution in [3.8, 4) is 0 Å². The van der Waals surface area contributed by atoms with E-state index in [0.717, 1.165) is 38.5 Å². The maximum absolute atomic E-state index is 12.7. The van der Waals surface area contributed by atoms with Crippen molar-refractivity contribution in [1.82, 2.24) is 0 Å². The third-order valence-electron chi connectivity index (χ3n) is 9.28. The molecule has 10 nitrogen and oxygen atoms in total. The zero-order chi connectivity index (χ0) is 40.9. The highest BCUT2D eigenvalue weighted by atomic mass is 31.2. The summed E-state index contributed by atoms with van der Waals surface area (Å²) in [6.07, 6.45) is 36.5. The number of phosphoric ester groups is 1. The normalized spacial score (nSPS) is 14.5. The first kappa shape index (κ1) is 53.2. The number of unbranched alkanes of at least 4 members (excludes halogenated alkanes) is 18. The number of hydrogen-bond acceptors (Lipinski definition) is 8. The second-order valence-corrected chi connectivity index (χ2v) is 17.4. The molecule has 0 aromatic heterocycles. The van der Waals surface area contributed by atoms with Crippen molar-refractivity contribution < 1.29 is 47.2 Å². The van der Waals surface area contributed by atoms with Crippen LogP contribution in [0.3, 0.4) is 0 Å². The quantitative estimate of drug-likeness (QED) is 0.0156. The van der Waals surface area contributed by atoms with Crippen LogP contribution < -0.4 is 0 Å². The molecule has 0 rings (SSSR count). The lowest BCUT2D eigenvalue weighted by atomic mass is 10.0. The second-order valence-electron chi connectivity index (χ2n) is 15.9. The fraction of sp³-hybridized carbons (Fsp3) is 0.818. The van der Waals surface area contributed by atoms with Crippen LogP contribution in [0.5, 0.6) is 0 Å². The van der Waals surface area contributed by atoms with Gasteiger partial charge in [-0.15, -0.1) is 0 Å². The predicted molar refractivity (Wildman–Crippen MR) is 226 cm³/mol. The van der Waals surface area contributed by atoms with Crippen LogP contribution in [-0.4, -0.2) is 86.1 Å². The first-order valence-corrected chi connectivity index (χ1v) is 23.3. The van der Waals surface area contributed by atoms with Crippen LogP contribution in [0.25, 0.3) is 0 Å². The largest absolute Gasteiger partial charge is 0.472 e. The number of aliphatic hydroxyl groups is 1. The Morgan fingerprint density at radius 3 is 1.78 bits per heavy atom. The number of allylic oxidation sites excluding steroid dienone is 5. The molecule has 0 aliphatic carbocycles. The molecule has 0 bridgehead atoms. The van der Waals surface area contributed by atoms with Gasteiger partial charge in [-0.3, -0.25) is 18.6 Å². The van der Waals surface area contributed by atoms with E-state index >= 15 is 0 Å². The first-order chi connectivity index (χ1) is 26.4. The van der Waals surface area contributed by atoms with Gasteiger partial charge in [0, 0.05) is 12.8 Å². The van der Waals surface area contributed by atoms with Crippen LogP contribution in [0.1, 0.15) is 174 Å². The molecule has 0 spiro atoms. The van der Waals surface area contributed by atoms with Gasteiger partial charge in [0.1, 0.15) is 19.8 Å². The summed E-state index contributed by atoms with van der Waals surface area (Å²) in [6.45, 7) is 4.26. The van der Waals surface area contributed by atoms with E-state index in [0.29, 0.717) is 23.9 Å². The number of esters is 2. The predicted octanol–water partition coefficient (Wildman–Crippen LogP) is 11.1. The SMILES string of the molecule is CCCCCCCCCCCCCCCC(=O)OCC(COP(=O)(O)OCC[N+](C)(C)C)OC(=O)CCC/C=C\C/C=C\C=C/C(O)CCCCCCCC. The van der Waals surface area contributed by atoms with Crippen LogP contribution in [0.15, 0.2) is 36.5 Å². The smallest absolute Gasteiger partial charge is 0.462 e. The lowest BCUT2D eigenvalue weighted by molar-refractivity contribution is -0.870. The van der Waals surface area contributed by atoms with Gasteiger partial charge in [-0.1, -0.05) is 166 Å². The Balaban J connectivity index is 4.52. The number of ether oxygens (including phenoxy) is 2. The van der Waals surface area contributed by atoms with Crippen molar-refractivity contribution in [2.45, 2.75) is 187 Å². The van der Waals surface area contributed by atoms with Crippen molar-refractivity contribution in [3.63, 3.8) is 0 Å². The van der Waals surface area contributed by atoms with Crippen LogP contribution in [0, 0.1) is 0 Å². The lowest BCUT2D eigenvalue weighted by Crippen LogP contribution is -2.37. The van der Waals surface area contributed by atoms with E-state index in [2.05, 4.69) is 13.8 Å². The summed E-state index contributed by atoms with van der Waals surface area (Å²) in [5.74, 6) is -0.896. The number of likely N-dealkylation sites (N-methyl/N-ethyl adjacent to an activating group) is 1. The number of hydrogen-bond donors (Lipinski definition) is 2. The molecular formula is C44H83NO9P+. The van der Waals surface area contributed by atoms with Crippen LogP contribution in [0.4, 0.5) is 0 Å². The summed E-state index contributed by atoms with van der Waals surface area (Å²) in [4.78, 5) is 35.3. The monoisotopic (exact) mass is 801 g/mol. The average molecular weight is 801 g/mol. The van der Waals surface area contributed by atoms with E-state index in [9.17, 15) is 24.2 Å². The summed E-state index contributed by atoms with van der Waals surface area (Å²) in [5, 5.41) is 10.1. The molecule has 0 radical (unpaired) electrons. The molecule has 0 saturated heterocycles. The summed E-state index contributed by atoms with van der Waals surface area (Å²) < 4.78 is 34.2. The van der Waals surface area contributed by atoms with Gasteiger partial charge in [-0.05, 0) is 32.1 Å². The molecule has 0 aromatic rings. The minimum atomic E-state index is -4.40. The van der Waals surface area contributed by atoms with E-state index in [4.69, 9.17) is 18.5 Å². The van der Waals surface area contributed by atoms with Gasteiger partial charge in [0.2, 0.25) is 0 Å². The maximum Gasteiger partial charge on any atom is 0.472 e. The zero-order valence-electron chi connectivity index (χ0n) is 35.8. The molecule has 11 heteroatoms. The van der Waals surface area contributed by atoms with Gasteiger partial charge in [-0.2, -0.15) is 0 Å². The van der Waals surface area contributed by atoms with Crippen molar-refractivity contribution in [3.05, 3.63) is 36.5 Å². The van der Waals surface area contributed by atoms with E-state index in [1.165, 1.54) is 96.3 Å². The topological polar surface area (TPSA) is 129 Å². The molecule has 0 fully saturated rings. The Labute approximate surface area is 336 Å². The number of phosphoric acid groups is 1. The molecule has 2 N–H and O–H groups in total. The van der Waals surface area contributed by atoms with Gasteiger partial charge in [0.15, 0.2) is 6.10 Å². The lowest BCUT2D eigenvalue weighted by Gasteiger charge is -2.24. The van der Waals surface area contributed by atoms with Crippen LogP contribution in [-0.2, 0) is 32.7 Å². The molecule has 322 valence electrons. The van der Waals surface area contributed by atoms with E-state index in [-0.39, 0.29) is 26.1 Å². The number of rotatable bonds is 39. The number of aliphatic hydroxyl groups excluding tert-OH is 1. The van der Waals surface area contributed by atoms with Gasteiger partial charge in [0.05, 0.1) is 33.9 Å². The molecule has 0 amide bonds. The third-order valence-corrected chi connectivity index (χ3v) is 10.3. The van der Waals surface area contributed by atoms with E-state index in [1.54, 1.807) is 0 Å². The number of nitrogens with zero attached hydrogens (tertiary/aromatic N) is 1. The van der Waals surface area contributed by atoms with E-state index < -0.39 is 38.6 Å². The molecule has 0 aliphatic heterocycles. The number of carbonyl (C=O) groups is 2. The van der Waals surface area contributed by atoms with Crippen molar-refractivity contribution in [2.24, 2.45) is 0 Å². The Morgan fingerprint density at radius 1 is 0.655 bits per heavy atom. The molecule has 0 heterocycles. The third kappa shape index (κ3) is 40.2. The summed E-state index contributed by atoms with van der Waals surface area (Å²) in [5.41, 5.74) is 0. The Bertz CT molecular complexity index is 1060. The average Bonchev–Trinajstić information content (AvgIpc) is 3.13. The van der Waals surface area contributed by atoms with Crippen LogP contribution >= 0.6 is 7.82 Å². The summed E-state index contributed by atoms with van der Waals surface area (Å²) in [7, 11) is 1.41. The Hall–Kier alpha value is -1.81. The maximum atomic E-state index is 12.7. The molecule has 3 atom stereocenters. The highest BCUT2D eigenvalue weighted by molar-refractivity contribution is 7.47. The Morgan fingerprint density at radius 2 is 1.20 bits per heavy atom. The van der Waals surface area contributed by atoms with Gasteiger partial charge in [-0.25, -0.2) is 4.57 Å². The fourth-order valence-corrected chi connectivity index (χ4v) is 6.53. The second kappa shape index (κ2) is 36.5. The van der Waals surface area contributed by atoms with Crippen molar-refractivity contribution >= 4 is 19.8 Å². The Kier molecular flexibility index (Phi) is 35.3. The minimum Gasteiger partial charge on any atom is -0.462 e. The zero-order valence-corrected chi connectivity index (χ0v) is 36.7.